The first-order chi connectivity index (χ1) is 10.2. The monoisotopic (exact) mass is 348 g/mol. The summed E-state index contributed by atoms with van der Waals surface area (Å²) in [5.74, 6) is 2.85. The smallest absolute Gasteiger partial charge is 0.212 e. The number of hydrogen-bond acceptors (Lipinski definition) is 5. The number of nitrogens with zero attached hydrogens (tertiary/aromatic N) is 3. The van der Waals surface area contributed by atoms with Crippen molar-refractivity contribution < 1.29 is 4.74 Å². The molecule has 1 saturated carbocycles. The van der Waals surface area contributed by atoms with E-state index in [0.717, 1.165) is 27.4 Å². The first-order valence-electron chi connectivity index (χ1n) is 6.94. The number of nitrogens with one attached hydrogen (secondary N) is 1. The standard InChI is InChI=1S/C15H17BrN4O/c1-17-15-13(16)14(10-4-5-10)19-11(20-15)7-9-3-6-12(21-2)18-8-9/h3,6,8,10H,4-5,7H2,1-2H3,(H,17,19,20). The molecule has 0 bridgehead atoms. The van der Waals surface area contributed by atoms with Gasteiger partial charge in [0.05, 0.1) is 17.3 Å². The topological polar surface area (TPSA) is 59.9 Å². The molecule has 2 aromatic heterocycles. The summed E-state index contributed by atoms with van der Waals surface area (Å²) in [7, 11) is 3.49. The first kappa shape index (κ1) is 14.3. The van der Waals surface area contributed by atoms with Gasteiger partial charge in [-0.15, -0.1) is 0 Å². The Morgan fingerprint density at radius 1 is 1.33 bits per heavy atom. The summed E-state index contributed by atoms with van der Waals surface area (Å²) in [6.07, 6.45) is 4.89. The first-order valence-corrected chi connectivity index (χ1v) is 7.73. The number of anilines is 1. The Labute approximate surface area is 132 Å². The third-order valence-corrected chi connectivity index (χ3v) is 4.27. The Bertz CT molecular complexity index is 641. The zero-order valence-corrected chi connectivity index (χ0v) is 13.6. The minimum absolute atomic E-state index is 0.571. The highest BCUT2D eigenvalue weighted by molar-refractivity contribution is 9.10. The molecule has 0 spiro atoms. The summed E-state index contributed by atoms with van der Waals surface area (Å²) in [4.78, 5) is 13.5. The summed E-state index contributed by atoms with van der Waals surface area (Å²) in [5, 5.41) is 3.13. The van der Waals surface area contributed by atoms with Gasteiger partial charge in [0.15, 0.2) is 0 Å². The molecule has 110 valence electrons. The number of ether oxygens (including phenoxy) is 1. The van der Waals surface area contributed by atoms with Crippen molar-refractivity contribution in [3.05, 3.63) is 39.9 Å². The van der Waals surface area contributed by atoms with E-state index in [1.54, 1.807) is 13.3 Å². The number of pyridine rings is 1. The van der Waals surface area contributed by atoms with Crippen LogP contribution in [-0.4, -0.2) is 29.1 Å². The minimum Gasteiger partial charge on any atom is -0.481 e. The summed E-state index contributed by atoms with van der Waals surface area (Å²) in [6, 6.07) is 3.85. The lowest BCUT2D eigenvalue weighted by Crippen LogP contribution is -2.06. The van der Waals surface area contributed by atoms with Crippen molar-refractivity contribution >= 4 is 21.7 Å². The maximum Gasteiger partial charge on any atom is 0.212 e. The average molecular weight is 349 g/mol. The molecule has 2 aromatic rings. The SMILES string of the molecule is CNc1nc(Cc2ccc(OC)nc2)nc(C2CC2)c1Br. The van der Waals surface area contributed by atoms with Gasteiger partial charge in [0, 0.05) is 31.6 Å². The highest BCUT2D eigenvalue weighted by Gasteiger charge is 2.29. The van der Waals surface area contributed by atoms with Crippen LogP contribution in [0, 0.1) is 0 Å². The fraction of sp³-hybridized carbons (Fsp3) is 0.400. The van der Waals surface area contributed by atoms with E-state index in [1.165, 1.54) is 12.8 Å². The lowest BCUT2D eigenvalue weighted by molar-refractivity contribution is 0.397. The maximum atomic E-state index is 5.07. The number of methoxy groups -OCH3 is 1. The molecule has 5 nitrogen and oxygen atoms in total. The van der Waals surface area contributed by atoms with Crippen LogP contribution in [-0.2, 0) is 6.42 Å². The predicted molar refractivity (Wildman–Crippen MR) is 84.8 cm³/mol. The number of aromatic nitrogens is 3. The second kappa shape index (κ2) is 5.97. The molecule has 6 heteroatoms. The normalized spacial score (nSPS) is 14.0. The maximum absolute atomic E-state index is 5.07. The van der Waals surface area contributed by atoms with Gasteiger partial charge in [0.25, 0.3) is 0 Å². The molecule has 3 rings (SSSR count). The lowest BCUT2D eigenvalue weighted by atomic mass is 10.2. The van der Waals surface area contributed by atoms with E-state index in [-0.39, 0.29) is 0 Å². The van der Waals surface area contributed by atoms with Crippen LogP contribution in [0.2, 0.25) is 0 Å². The molecule has 2 heterocycles. The molecule has 0 aliphatic heterocycles. The van der Waals surface area contributed by atoms with Crippen molar-refractivity contribution in [1.82, 2.24) is 15.0 Å². The second-order valence-electron chi connectivity index (χ2n) is 5.10. The summed E-state index contributed by atoms with van der Waals surface area (Å²) in [6.45, 7) is 0. The minimum atomic E-state index is 0.571. The van der Waals surface area contributed by atoms with Gasteiger partial charge >= 0.3 is 0 Å². The molecular weight excluding hydrogens is 332 g/mol. The molecule has 0 atom stereocenters. The van der Waals surface area contributed by atoms with E-state index in [4.69, 9.17) is 9.72 Å². The van der Waals surface area contributed by atoms with E-state index in [0.29, 0.717) is 18.2 Å². The summed E-state index contributed by atoms with van der Waals surface area (Å²) < 4.78 is 6.06. The second-order valence-corrected chi connectivity index (χ2v) is 5.89. The molecule has 1 aliphatic rings. The van der Waals surface area contributed by atoms with Crippen molar-refractivity contribution in [3.8, 4) is 5.88 Å². The van der Waals surface area contributed by atoms with Gasteiger partial charge in [-0.1, -0.05) is 6.07 Å². The third kappa shape index (κ3) is 3.15. The van der Waals surface area contributed by atoms with Crippen molar-refractivity contribution in [2.45, 2.75) is 25.2 Å². The van der Waals surface area contributed by atoms with E-state index < -0.39 is 0 Å². The molecule has 0 amide bonds. The summed E-state index contributed by atoms with van der Waals surface area (Å²) in [5.41, 5.74) is 2.19. The van der Waals surface area contributed by atoms with Gasteiger partial charge in [0.1, 0.15) is 11.6 Å². The highest BCUT2D eigenvalue weighted by atomic mass is 79.9. The third-order valence-electron chi connectivity index (χ3n) is 3.49. The Balaban J connectivity index is 1.88. The van der Waals surface area contributed by atoms with Crippen molar-refractivity contribution in [1.29, 1.82) is 0 Å². The molecule has 0 radical (unpaired) electrons. The van der Waals surface area contributed by atoms with E-state index in [9.17, 15) is 0 Å². The molecule has 0 unspecified atom stereocenters. The zero-order valence-electron chi connectivity index (χ0n) is 12.1. The Morgan fingerprint density at radius 3 is 2.71 bits per heavy atom. The van der Waals surface area contributed by atoms with Crippen LogP contribution in [0.1, 0.15) is 35.8 Å². The van der Waals surface area contributed by atoms with Crippen molar-refractivity contribution in [2.75, 3.05) is 19.5 Å². The van der Waals surface area contributed by atoms with E-state index >= 15 is 0 Å². The highest BCUT2D eigenvalue weighted by Crippen LogP contribution is 2.43. The zero-order chi connectivity index (χ0) is 14.8. The van der Waals surface area contributed by atoms with Gasteiger partial charge in [-0.2, -0.15) is 0 Å². The van der Waals surface area contributed by atoms with Gasteiger partial charge < -0.3 is 10.1 Å². The fourth-order valence-corrected chi connectivity index (χ4v) is 2.90. The van der Waals surface area contributed by atoms with E-state index in [1.807, 2.05) is 19.2 Å². The Kier molecular flexibility index (Phi) is 4.05. The summed E-state index contributed by atoms with van der Waals surface area (Å²) >= 11 is 3.60. The molecule has 0 aromatic carbocycles. The van der Waals surface area contributed by atoms with Gasteiger partial charge in [-0.3, -0.25) is 0 Å². The van der Waals surface area contributed by atoms with Crippen LogP contribution in [0.3, 0.4) is 0 Å². The van der Waals surface area contributed by atoms with Crippen LogP contribution in [0.25, 0.3) is 0 Å². The predicted octanol–water partition coefficient (Wildman–Crippen LogP) is 3.15. The van der Waals surface area contributed by atoms with E-state index in [2.05, 4.69) is 31.2 Å². The number of halogens is 1. The molecule has 1 aliphatic carbocycles. The van der Waals surface area contributed by atoms with Crippen LogP contribution in [0.4, 0.5) is 5.82 Å². The van der Waals surface area contributed by atoms with Crippen LogP contribution >= 0.6 is 15.9 Å². The van der Waals surface area contributed by atoms with Gasteiger partial charge in [0.2, 0.25) is 5.88 Å². The Morgan fingerprint density at radius 2 is 2.14 bits per heavy atom. The lowest BCUT2D eigenvalue weighted by Gasteiger charge is -2.10. The van der Waals surface area contributed by atoms with Crippen LogP contribution < -0.4 is 10.1 Å². The largest absolute Gasteiger partial charge is 0.481 e. The van der Waals surface area contributed by atoms with Crippen molar-refractivity contribution in [2.24, 2.45) is 0 Å². The van der Waals surface area contributed by atoms with Crippen molar-refractivity contribution in [3.63, 3.8) is 0 Å². The van der Waals surface area contributed by atoms with Crippen LogP contribution in [0.5, 0.6) is 5.88 Å². The average Bonchev–Trinajstić information content (AvgIpc) is 3.34. The van der Waals surface area contributed by atoms with Gasteiger partial charge in [-0.25, -0.2) is 15.0 Å². The van der Waals surface area contributed by atoms with Crippen LogP contribution in [0.15, 0.2) is 22.8 Å². The molecular formula is C15H17BrN4O. The number of hydrogen-bond donors (Lipinski definition) is 1. The quantitative estimate of drug-likeness (QED) is 0.899. The molecule has 1 N–H and O–H groups in total. The Hall–Kier alpha value is -1.69. The fourth-order valence-electron chi connectivity index (χ4n) is 2.20. The number of rotatable bonds is 5. The molecule has 21 heavy (non-hydrogen) atoms. The molecule has 0 saturated heterocycles. The van der Waals surface area contributed by atoms with Gasteiger partial charge in [-0.05, 0) is 34.3 Å². The molecule has 1 fully saturated rings.